The molecule has 370 valence electrons. The van der Waals surface area contributed by atoms with Gasteiger partial charge in [0.1, 0.15) is 0 Å². The molecule has 0 unspecified atom stereocenters. The van der Waals surface area contributed by atoms with E-state index in [1.807, 2.05) is 12.1 Å². The van der Waals surface area contributed by atoms with E-state index in [-0.39, 0.29) is 46.4 Å². The summed E-state index contributed by atoms with van der Waals surface area (Å²) in [6, 6.07) is 61.5. The molecular weight excluding hydrogens is 1050 g/mol. The molecule has 10 nitrogen and oxygen atoms in total. The molecular formula is C48H45Cl3F4O10S4. The maximum absolute atomic E-state index is 12.4. The van der Waals surface area contributed by atoms with E-state index in [4.69, 9.17) is 34.8 Å². The van der Waals surface area contributed by atoms with E-state index in [1.165, 1.54) is 29.4 Å². The summed E-state index contributed by atoms with van der Waals surface area (Å²) in [6.45, 7) is -0.812. The lowest BCUT2D eigenvalue weighted by Crippen LogP contribution is -2.39. The van der Waals surface area contributed by atoms with Gasteiger partial charge in [0.15, 0.2) is 49.6 Å². The SMILES string of the molecule is Clc1ccc([S+](c2ccccc2)c2ccccc2)cc1.O=C(OCCCCCl)C(F)(F)S(=O)(=O)[O-].O=C(OCCCCCl)C(F)(F)S(=O)(=O)[O-].c1ccc([S+](c2ccccc2)c2ccccc2)cc1. The molecule has 0 atom stereocenters. The minimum absolute atomic E-state index is 0.0146. The molecule has 0 aromatic heterocycles. The van der Waals surface area contributed by atoms with Crippen LogP contribution in [0.4, 0.5) is 17.6 Å². The van der Waals surface area contributed by atoms with Crippen LogP contribution in [0.3, 0.4) is 0 Å². The number of hydrogen-bond acceptors (Lipinski definition) is 10. The number of halogens is 7. The predicted molar refractivity (Wildman–Crippen MR) is 259 cm³/mol. The third-order valence-electron chi connectivity index (χ3n) is 8.57. The van der Waals surface area contributed by atoms with Crippen molar-refractivity contribution in [1.29, 1.82) is 0 Å². The van der Waals surface area contributed by atoms with Gasteiger partial charge < -0.3 is 18.6 Å². The van der Waals surface area contributed by atoms with Gasteiger partial charge in [-0.2, -0.15) is 17.6 Å². The van der Waals surface area contributed by atoms with Gasteiger partial charge in [-0.05, 0) is 111 Å². The lowest BCUT2D eigenvalue weighted by atomic mass is 10.4. The van der Waals surface area contributed by atoms with Crippen molar-refractivity contribution in [2.45, 2.75) is 65.6 Å². The van der Waals surface area contributed by atoms with E-state index in [2.05, 4.69) is 173 Å². The first-order valence-corrected chi connectivity index (χ1v) is 27.1. The van der Waals surface area contributed by atoms with Crippen LogP contribution in [-0.2, 0) is 61.1 Å². The van der Waals surface area contributed by atoms with Crippen molar-refractivity contribution < 1.29 is 62.6 Å². The van der Waals surface area contributed by atoms with Gasteiger partial charge in [-0.25, -0.2) is 26.4 Å². The average molecular weight is 1090 g/mol. The number of carbonyl (C=O) groups excluding carboxylic acids is 2. The van der Waals surface area contributed by atoms with Gasteiger partial charge in [-0.15, -0.1) is 23.2 Å². The molecule has 0 fully saturated rings. The number of esters is 2. The zero-order chi connectivity index (χ0) is 50.9. The molecule has 0 bridgehead atoms. The van der Waals surface area contributed by atoms with Crippen molar-refractivity contribution in [3.8, 4) is 0 Å². The molecule has 0 aliphatic heterocycles. The Bertz CT molecular complexity index is 2450. The number of rotatable bonds is 18. The van der Waals surface area contributed by atoms with Crippen LogP contribution in [0.25, 0.3) is 0 Å². The number of alkyl halides is 6. The first kappa shape index (κ1) is 58.7. The van der Waals surface area contributed by atoms with Gasteiger partial charge in [0.2, 0.25) is 0 Å². The van der Waals surface area contributed by atoms with Crippen LogP contribution in [0.5, 0.6) is 0 Å². The second-order valence-corrected chi connectivity index (χ2v) is 21.7. The second kappa shape index (κ2) is 29.5. The normalized spacial score (nSPS) is 11.5. The highest BCUT2D eigenvalue weighted by molar-refractivity contribution is 7.97. The van der Waals surface area contributed by atoms with E-state index < -0.39 is 55.9 Å². The fourth-order valence-corrected chi connectivity index (χ4v) is 10.5. The number of hydrogen-bond donors (Lipinski definition) is 0. The monoisotopic (exact) mass is 1090 g/mol. The summed E-state index contributed by atoms with van der Waals surface area (Å²) in [5.41, 5.74) is 0. The Hall–Kier alpha value is -4.63. The van der Waals surface area contributed by atoms with E-state index in [1.54, 1.807) is 0 Å². The Balaban J connectivity index is 0.000000246. The molecule has 0 saturated heterocycles. The van der Waals surface area contributed by atoms with Gasteiger partial charge in [0.25, 0.3) is 0 Å². The summed E-state index contributed by atoms with van der Waals surface area (Å²) < 4.78 is 117. The molecule has 0 aliphatic rings. The number of carbonyl (C=O) groups is 2. The van der Waals surface area contributed by atoms with Crippen LogP contribution >= 0.6 is 34.8 Å². The maximum atomic E-state index is 12.4. The van der Waals surface area contributed by atoms with Crippen molar-refractivity contribution in [3.05, 3.63) is 181 Å². The highest BCUT2D eigenvalue weighted by Gasteiger charge is 2.49. The average Bonchev–Trinajstić information content (AvgIpc) is 3.34. The Morgan fingerprint density at radius 1 is 0.435 bits per heavy atom. The van der Waals surface area contributed by atoms with Gasteiger partial charge in [-0.3, -0.25) is 0 Å². The Morgan fingerprint density at radius 3 is 0.884 bits per heavy atom. The fourth-order valence-electron chi connectivity index (χ4n) is 5.27. The molecule has 21 heteroatoms. The number of benzene rings is 6. The van der Waals surface area contributed by atoms with Gasteiger partial charge in [-0.1, -0.05) is 103 Å². The number of unbranched alkanes of at least 4 members (excludes halogenated alkanes) is 2. The van der Waals surface area contributed by atoms with Crippen molar-refractivity contribution in [3.63, 3.8) is 0 Å². The maximum Gasteiger partial charge on any atom is 0.428 e. The molecule has 0 amide bonds. The van der Waals surface area contributed by atoms with Gasteiger partial charge >= 0.3 is 22.4 Å². The molecule has 6 rings (SSSR count). The van der Waals surface area contributed by atoms with Crippen LogP contribution in [0, 0.1) is 0 Å². The molecule has 0 spiro atoms. The van der Waals surface area contributed by atoms with Crippen LogP contribution in [0.2, 0.25) is 5.02 Å². The second-order valence-electron chi connectivity index (χ2n) is 13.6. The minimum atomic E-state index is -6.03. The molecule has 0 N–H and O–H groups in total. The first-order chi connectivity index (χ1) is 32.8. The zero-order valence-corrected chi connectivity index (χ0v) is 41.8. The fraction of sp³-hybridized carbons (Fsp3) is 0.208. The summed E-state index contributed by atoms with van der Waals surface area (Å²) in [5, 5.41) is -9.29. The van der Waals surface area contributed by atoms with E-state index in [0.717, 1.165) is 5.02 Å². The zero-order valence-electron chi connectivity index (χ0n) is 36.3. The molecule has 6 aromatic rings. The molecule has 0 heterocycles. The smallest absolute Gasteiger partial charge is 0.428 e. The standard InChI is InChI=1S/C18H14ClS.C18H15S.2C6H9ClF2O5S/c19-15-11-13-18(14-12-15)20(16-7-3-1-4-8-16)17-9-5-2-6-10-17;1-4-10-16(11-5-1)19(17-12-6-2-7-13-17)18-14-8-3-9-15-18;2*7-3-1-2-4-14-5(10)6(8,9)15(11,12)13/h1-14H;1-15H;2*1-4H2,(H,11,12,13)/q2*+1;;/p-2. The van der Waals surface area contributed by atoms with Crippen LogP contribution in [0.1, 0.15) is 25.7 Å². The summed E-state index contributed by atoms with van der Waals surface area (Å²) in [5.74, 6) is -4.19. The van der Waals surface area contributed by atoms with Crippen molar-refractivity contribution in [1.82, 2.24) is 0 Å². The summed E-state index contributed by atoms with van der Waals surface area (Å²) in [7, 11) is -12.2. The molecule has 6 aromatic carbocycles. The first-order valence-electron chi connectivity index (χ1n) is 20.4. The lowest BCUT2D eigenvalue weighted by Gasteiger charge is -2.17. The quantitative estimate of drug-likeness (QED) is 0.0202. The Labute approximate surface area is 420 Å². The molecule has 0 radical (unpaired) electrons. The van der Waals surface area contributed by atoms with Crippen molar-refractivity contribution in [2.75, 3.05) is 25.0 Å². The lowest BCUT2D eigenvalue weighted by molar-refractivity contribution is -0.162. The molecule has 69 heavy (non-hydrogen) atoms. The number of ether oxygens (including phenoxy) is 2. The van der Waals surface area contributed by atoms with Crippen molar-refractivity contribution in [2.24, 2.45) is 0 Å². The van der Waals surface area contributed by atoms with Crippen LogP contribution in [-0.4, -0.2) is 73.4 Å². The minimum Gasteiger partial charge on any atom is -0.743 e. The van der Waals surface area contributed by atoms with E-state index in [9.17, 15) is 53.1 Å². The van der Waals surface area contributed by atoms with E-state index >= 15 is 0 Å². The highest BCUT2D eigenvalue weighted by atomic mass is 35.5. The third-order valence-corrected chi connectivity index (χ3v) is 15.4. The third kappa shape index (κ3) is 19.2. The molecule has 0 saturated carbocycles. The van der Waals surface area contributed by atoms with Gasteiger partial charge in [0.05, 0.1) is 35.0 Å². The Morgan fingerprint density at radius 2 is 0.667 bits per heavy atom. The predicted octanol–water partition coefficient (Wildman–Crippen LogP) is 11.6. The topological polar surface area (TPSA) is 167 Å². The van der Waals surface area contributed by atoms with Crippen molar-refractivity contribution >= 4 is 88.8 Å². The van der Waals surface area contributed by atoms with Crippen LogP contribution in [0.15, 0.2) is 205 Å². The summed E-state index contributed by atoms with van der Waals surface area (Å²) >= 11 is 16.5. The van der Waals surface area contributed by atoms with Crippen LogP contribution < -0.4 is 0 Å². The Kier molecular flexibility index (Phi) is 25.1. The summed E-state index contributed by atoms with van der Waals surface area (Å²) in [4.78, 5) is 29.0. The van der Waals surface area contributed by atoms with E-state index in [0.29, 0.717) is 12.8 Å². The molecule has 0 aliphatic carbocycles. The largest absolute Gasteiger partial charge is 0.743 e. The van der Waals surface area contributed by atoms with Gasteiger partial charge in [0, 0.05) is 16.8 Å². The summed E-state index contributed by atoms with van der Waals surface area (Å²) in [6.07, 6.45) is 1.27. The highest BCUT2D eigenvalue weighted by Crippen LogP contribution is 2.32.